The highest BCUT2D eigenvalue weighted by atomic mass is 16.4. The van der Waals surface area contributed by atoms with Crippen LogP contribution in [0.25, 0.3) is 0 Å². The van der Waals surface area contributed by atoms with E-state index in [1.54, 1.807) is 6.92 Å². The lowest BCUT2D eigenvalue weighted by molar-refractivity contribution is -0.140. The van der Waals surface area contributed by atoms with E-state index in [-0.39, 0.29) is 0 Å². The van der Waals surface area contributed by atoms with Crippen LogP contribution in [-0.2, 0) is 9.59 Å². The zero-order valence-corrected chi connectivity index (χ0v) is 11.0. The van der Waals surface area contributed by atoms with Gasteiger partial charge in [0.15, 0.2) is 0 Å². The Bertz CT molecular complexity index is 338. The molecule has 0 aromatic heterocycles. The van der Waals surface area contributed by atoms with Crippen LogP contribution in [0.5, 0.6) is 0 Å². The molecule has 2 amide bonds. The Balaban J connectivity index is 2.64. The van der Waals surface area contributed by atoms with Gasteiger partial charge >= 0.3 is 18.0 Å². The molecule has 0 aromatic rings. The van der Waals surface area contributed by atoms with E-state index in [2.05, 4.69) is 0 Å². The number of carboxylic acid groups (broad SMARTS) is 2. The molecule has 7 nitrogen and oxygen atoms in total. The van der Waals surface area contributed by atoms with Gasteiger partial charge in [0.2, 0.25) is 0 Å². The van der Waals surface area contributed by atoms with Crippen LogP contribution in [0.3, 0.4) is 0 Å². The lowest BCUT2D eigenvalue weighted by Crippen LogP contribution is -2.49. The second kappa shape index (κ2) is 6.96. The zero-order valence-electron chi connectivity index (χ0n) is 11.0. The Labute approximate surface area is 111 Å². The van der Waals surface area contributed by atoms with Crippen LogP contribution in [0, 0.1) is 5.92 Å². The number of rotatable bonds is 7. The molecule has 108 valence electrons. The molecule has 0 aliphatic heterocycles. The molecule has 0 unspecified atom stereocenters. The minimum atomic E-state index is -1.21. The largest absolute Gasteiger partial charge is 0.480 e. The van der Waals surface area contributed by atoms with Crippen LogP contribution in [0.1, 0.15) is 26.2 Å². The summed E-state index contributed by atoms with van der Waals surface area (Å²) < 4.78 is 0. The normalized spacial score (nSPS) is 14.6. The van der Waals surface area contributed by atoms with E-state index >= 15 is 0 Å². The van der Waals surface area contributed by atoms with Crippen LogP contribution < -0.4 is 0 Å². The van der Waals surface area contributed by atoms with Crippen molar-refractivity contribution >= 4 is 18.0 Å². The van der Waals surface area contributed by atoms with E-state index in [9.17, 15) is 14.4 Å². The smallest absolute Gasteiger partial charge is 0.323 e. The summed E-state index contributed by atoms with van der Waals surface area (Å²) in [7, 11) is 0. The first-order valence-corrected chi connectivity index (χ1v) is 6.41. The molecule has 1 saturated carbocycles. The first kappa shape index (κ1) is 15.3. The Kier molecular flexibility index (Phi) is 5.59. The second-order valence-electron chi connectivity index (χ2n) is 4.76. The van der Waals surface area contributed by atoms with Crippen molar-refractivity contribution in [3.05, 3.63) is 0 Å². The predicted octanol–water partition coefficient (Wildman–Crippen LogP) is 0.700. The number of nitrogens with zero attached hydrogens (tertiary/aromatic N) is 2. The average molecular weight is 272 g/mol. The van der Waals surface area contributed by atoms with E-state index in [0.29, 0.717) is 19.0 Å². The summed E-state index contributed by atoms with van der Waals surface area (Å²) in [6.45, 7) is 1.64. The SMILES string of the molecule is CCN(CC1CCC1)C(=O)N(CC(=O)O)CC(=O)O. The van der Waals surface area contributed by atoms with Gasteiger partial charge in [0.1, 0.15) is 13.1 Å². The van der Waals surface area contributed by atoms with Gasteiger partial charge in [0.25, 0.3) is 0 Å². The minimum Gasteiger partial charge on any atom is -0.480 e. The number of hydrogen-bond acceptors (Lipinski definition) is 3. The maximum absolute atomic E-state index is 12.1. The number of hydrogen-bond donors (Lipinski definition) is 2. The Hall–Kier alpha value is -1.79. The molecule has 0 radical (unpaired) electrons. The van der Waals surface area contributed by atoms with Crippen molar-refractivity contribution in [2.75, 3.05) is 26.2 Å². The minimum absolute atomic E-state index is 0.449. The van der Waals surface area contributed by atoms with Crippen molar-refractivity contribution < 1.29 is 24.6 Å². The summed E-state index contributed by atoms with van der Waals surface area (Å²) >= 11 is 0. The summed E-state index contributed by atoms with van der Waals surface area (Å²) in [6, 6.07) is -0.515. The van der Waals surface area contributed by atoms with Crippen LogP contribution in [-0.4, -0.2) is 64.2 Å². The van der Waals surface area contributed by atoms with Crippen LogP contribution in [0.4, 0.5) is 4.79 Å². The molecule has 1 fully saturated rings. The first-order valence-electron chi connectivity index (χ1n) is 6.41. The van der Waals surface area contributed by atoms with E-state index in [1.807, 2.05) is 0 Å². The quantitative estimate of drug-likeness (QED) is 0.711. The molecule has 19 heavy (non-hydrogen) atoms. The molecular weight excluding hydrogens is 252 g/mol. The van der Waals surface area contributed by atoms with Crippen molar-refractivity contribution in [2.24, 2.45) is 5.92 Å². The van der Waals surface area contributed by atoms with Crippen molar-refractivity contribution in [1.29, 1.82) is 0 Å². The highest BCUT2D eigenvalue weighted by molar-refractivity contribution is 5.84. The molecule has 0 aromatic carbocycles. The van der Waals surface area contributed by atoms with Crippen LogP contribution >= 0.6 is 0 Å². The third kappa shape index (κ3) is 4.76. The van der Waals surface area contributed by atoms with Gasteiger partial charge in [-0.25, -0.2) is 4.79 Å². The number of carbonyl (C=O) groups is 3. The van der Waals surface area contributed by atoms with Gasteiger partial charge in [-0.1, -0.05) is 6.42 Å². The predicted molar refractivity (Wildman–Crippen MR) is 66.8 cm³/mol. The molecule has 0 bridgehead atoms. The topological polar surface area (TPSA) is 98.2 Å². The van der Waals surface area contributed by atoms with E-state index in [4.69, 9.17) is 10.2 Å². The van der Waals surface area contributed by atoms with Gasteiger partial charge < -0.3 is 20.0 Å². The van der Waals surface area contributed by atoms with Crippen molar-refractivity contribution in [1.82, 2.24) is 9.80 Å². The molecule has 1 aliphatic rings. The van der Waals surface area contributed by atoms with Crippen LogP contribution in [0.15, 0.2) is 0 Å². The molecule has 2 N–H and O–H groups in total. The summed E-state index contributed by atoms with van der Waals surface area (Å²) in [5, 5.41) is 17.5. The third-order valence-electron chi connectivity index (χ3n) is 3.28. The summed E-state index contributed by atoms with van der Waals surface area (Å²) in [5.41, 5.74) is 0. The van der Waals surface area contributed by atoms with Gasteiger partial charge in [0, 0.05) is 13.1 Å². The van der Waals surface area contributed by atoms with Gasteiger partial charge in [-0.3, -0.25) is 9.59 Å². The fourth-order valence-corrected chi connectivity index (χ4v) is 2.05. The number of carbonyl (C=O) groups excluding carboxylic acids is 1. The van der Waals surface area contributed by atoms with Crippen molar-refractivity contribution in [3.63, 3.8) is 0 Å². The molecule has 0 heterocycles. The molecule has 0 spiro atoms. The Morgan fingerprint density at radius 2 is 1.58 bits per heavy atom. The standard InChI is InChI=1S/C12H20N2O5/c1-2-13(6-9-4-3-5-9)12(19)14(7-10(15)16)8-11(17)18/h9H,2-8H2,1H3,(H,15,16)(H,17,18). The molecule has 1 rings (SSSR count). The van der Waals surface area contributed by atoms with Gasteiger partial charge in [-0.05, 0) is 25.7 Å². The van der Waals surface area contributed by atoms with Crippen LogP contribution in [0.2, 0.25) is 0 Å². The molecular formula is C12H20N2O5. The van der Waals surface area contributed by atoms with Crippen molar-refractivity contribution in [2.45, 2.75) is 26.2 Å². The maximum Gasteiger partial charge on any atom is 0.323 e. The number of amides is 2. The fourth-order valence-electron chi connectivity index (χ4n) is 2.05. The Morgan fingerprint density at radius 1 is 1.05 bits per heavy atom. The monoisotopic (exact) mass is 272 g/mol. The first-order chi connectivity index (χ1) is 8.93. The molecule has 0 atom stereocenters. The highest BCUT2D eigenvalue weighted by Crippen LogP contribution is 2.27. The van der Waals surface area contributed by atoms with Gasteiger partial charge in [-0.15, -0.1) is 0 Å². The summed E-state index contributed by atoms with van der Waals surface area (Å²) in [4.78, 5) is 35.9. The third-order valence-corrected chi connectivity index (χ3v) is 3.28. The summed E-state index contributed by atoms with van der Waals surface area (Å²) in [6.07, 6.45) is 3.30. The lowest BCUT2D eigenvalue weighted by Gasteiger charge is -2.34. The maximum atomic E-state index is 12.1. The second-order valence-corrected chi connectivity index (χ2v) is 4.76. The molecule has 7 heteroatoms. The Morgan fingerprint density at radius 3 is 1.89 bits per heavy atom. The average Bonchev–Trinajstić information content (AvgIpc) is 2.25. The number of carboxylic acids is 2. The lowest BCUT2D eigenvalue weighted by atomic mass is 9.85. The molecule has 1 aliphatic carbocycles. The number of urea groups is 1. The van der Waals surface area contributed by atoms with E-state index in [0.717, 1.165) is 24.2 Å². The fraction of sp³-hybridized carbons (Fsp3) is 0.750. The van der Waals surface area contributed by atoms with Gasteiger partial charge in [-0.2, -0.15) is 0 Å². The summed E-state index contributed by atoms with van der Waals surface area (Å²) in [5.74, 6) is -1.97. The van der Waals surface area contributed by atoms with E-state index < -0.39 is 31.1 Å². The zero-order chi connectivity index (χ0) is 14.4. The highest BCUT2D eigenvalue weighted by Gasteiger charge is 2.27. The molecule has 0 saturated heterocycles. The van der Waals surface area contributed by atoms with E-state index in [1.165, 1.54) is 4.90 Å². The van der Waals surface area contributed by atoms with Gasteiger partial charge in [0.05, 0.1) is 0 Å². The number of aliphatic carboxylic acids is 2. The van der Waals surface area contributed by atoms with Crippen molar-refractivity contribution in [3.8, 4) is 0 Å².